The van der Waals surface area contributed by atoms with Crippen LogP contribution in [-0.2, 0) is 16.7 Å². The topological polar surface area (TPSA) is 40.6 Å². The molecule has 2 aromatic rings. The molecule has 1 fully saturated rings. The maximum Gasteiger partial charge on any atom is 0.416 e. The standard InChI is InChI=1S/C21H20ClF3N2O2S/c22-18-3-1-2-15(12-18)13-30-14-19(28)26-8-10-27(11-9-26)20(29)16-4-6-17(7-5-16)21(23,24)25/h1-7,12H,8-11,13-14H2. The van der Waals surface area contributed by atoms with E-state index in [9.17, 15) is 22.8 Å². The third kappa shape index (κ3) is 5.92. The Hall–Kier alpha value is -2.19. The highest BCUT2D eigenvalue weighted by Crippen LogP contribution is 2.29. The van der Waals surface area contributed by atoms with Gasteiger partial charge < -0.3 is 9.80 Å². The second-order valence-corrected chi connectivity index (χ2v) is 8.29. The van der Waals surface area contributed by atoms with Gasteiger partial charge in [0.15, 0.2) is 0 Å². The molecule has 1 saturated heterocycles. The summed E-state index contributed by atoms with van der Waals surface area (Å²) in [6, 6.07) is 11.7. The van der Waals surface area contributed by atoms with Crippen molar-refractivity contribution < 1.29 is 22.8 Å². The fraction of sp³-hybridized carbons (Fsp3) is 0.333. The van der Waals surface area contributed by atoms with E-state index in [0.29, 0.717) is 42.7 Å². The third-order valence-electron chi connectivity index (χ3n) is 4.76. The minimum absolute atomic E-state index is 0.00339. The summed E-state index contributed by atoms with van der Waals surface area (Å²) in [4.78, 5) is 28.2. The number of piperazine rings is 1. The summed E-state index contributed by atoms with van der Waals surface area (Å²) in [5.41, 5.74) is 0.469. The van der Waals surface area contributed by atoms with Crippen LogP contribution in [0.15, 0.2) is 48.5 Å². The molecular weight excluding hydrogens is 437 g/mol. The maximum atomic E-state index is 12.7. The van der Waals surface area contributed by atoms with E-state index < -0.39 is 11.7 Å². The molecule has 2 aromatic carbocycles. The number of amides is 2. The van der Waals surface area contributed by atoms with Crippen LogP contribution in [-0.4, -0.2) is 53.5 Å². The summed E-state index contributed by atoms with van der Waals surface area (Å²) in [6.45, 7) is 1.51. The normalized spacial score (nSPS) is 14.7. The maximum absolute atomic E-state index is 12.7. The van der Waals surface area contributed by atoms with Gasteiger partial charge in [-0.15, -0.1) is 11.8 Å². The van der Waals surface area contributed by atoms with E-state index in [0.717, 1.165) is 17.7 Å². The van der Waals surface area contributed by atoms with Gasteiger partial charge in [0.1, 0.15) is 0 Å². The average Bonchev–Trinajstić information content (AvgIpc) is 2.73. The lowest BCUT2D eigenvalue weighted by molar-refractivity contribution is -0.137. The van der Waals surface area contributed by atoms with Crippen LogP contribution in [0.25, 0.3) is 0 Å². The molecule has 0 radical (unpaired) electrons. The second-order valence-electron chi connectivity index (χ2n) is 6.87. The summed E-state index contributed by atoms with van der Waals surface area (Å²) < 4.78 is 38.0. The minimum Gasteiger partial charge on any atom is -0.338 e. The molecule has 30 heavy (non-hydrogen) atoms. The number of halogens is 4. The van der Waals surface area contributed by atoms with Gasteiger partial charge in [-0.05, 0) is 42.0 Å². The van der Waals surface area contributed by atoms with E-state index in [4.69, 9.17) is 11.6 Å². The van der Waals surface area contributed by atoms with E-state index in [2.05, 4.69) is 0 Å². The Morgan fingerprint density at radius 1 is 0.967 bits per heavy atom. The highest BCUT2D eigenvalue weighted by Gasteiger charge is 2.31. The molecule has 3 rings (SSSR count). The van der Waals surface area contributed by atoms with Crippen LogP contribution in [0.3, 0.4) is 0 Å². The second kappa shape index (κ2) is 9.75. The summed E-state index contributed by atoms with van der Waals surface area (Å²) in [6.07, 6.45) is -4.43. The lowest BCUT2D eigenvalue weighted by Gasteiger charge is -2.34. The Morgan fingerprint density at radius 3 is 2.20 bits per heavy atom. The molecule has 0 aliphatic carbocycles. The Bertz CT molecular complexity index is 898. The molecule has 1 aliphatic rings. The van der Waals surface area contributed by atoms with Gasteiger partial charge in [-0.25, -0.2) is 0 Å². The zero-order chi connectivity index (χ0) is 21.7. The highest BCUT2D eigenvalue weighted by molar-refractivity contribution is 7.99. The van der Waals surface area contributed by atoms with E-state index in [1.54, 1.807) is 15.9 Å². The van der Waals surface area contributed by atoms with Crippen LogP contribution in [0.5, 0.6) is 0 Å². The van der Waals surface area contributed by atoms with Gasteiger partial charge in [0, 0.05) is 42.5 Å². The van der Waals surface area contributed by atoms with Gasteiger partial charge in [-0.3, -0.25) is 9.59 Å². The summed E-state index contributed by atoms with van der Waals surface area (Å²) in [5, 5.41) is 0.660. The van der Waals surface area contributed by atoms with Crippen molar-refractivity contribution in [3.63, 3.8) is 0 Å². The summed E-state index contributed by atoms with van der Waals surface area (Å²) >= 11 is 7.45. The monoisotopic (exact) mass is 456 g/mol. The molecule has 160 valence electrons. The van der Waals surface area contributed by atoms with Crippen molar-refractivity contribution in [2.75, 3.05) is 31.9 Å². The number of hydrogen-bond acceptors (Lipinski definition) is 3. The lowest BCUT2D eigenvalue weighted by Crippen LogP contribution is -2.51. The first-order chi connectivity index (χ1) is 14.2. The van der Waals surface area contributed by atoms with Crippen LogP contribution in [0, 0.1) is 0 Å². The van der Waals surface area contributed by atoms with E-state index >= 15 is 0 Å². The molecule has 0 aromatic heterocycles. The molecule has 0 spiro atoms. The zero-order valence-corrected chi connectivity index (χ0v) is 17.6. The number of benzene rings is 2. The first-order valence-corrected chi connectivity index (χ1v) is 10.8. The molecule has 9 heteroatoms. The van der Waals surface area contributed by atoms with Crippen molar-refractivity contribution in [2.24, 2.45) is 0 Å². The van der Waals surface area contributed by atoms with Crippen molar-refractivity contribution in [1.29, 1.82) is 0 Å². The largest absolute Gasteiger partial charge is 0.416 e. The lowest BCUT2D eigenvalue weighted by atomic mass is 10.1. The van der Waals surface area contributed by atoms with E-state index in [1.807, 2.05) is 18.2 Å². The summed E-state index contributed by atoms with van der Waals surface area (Å²) in [7, 11) is 0. The van der Waals surface area contributed by atoms with Gasteiger partial charge in [-0.2, -0.15) is 13.2 Å². The van der Waals surface area contributed by atoms with Crippen molar-refractivity contribution in [3.05, 3.63) is 70.2 Å². The Kier molecular flexibility index (Phi) is 7.31. The van der Waals surface area contributed by atoms with Crippen molar-refractivity contribution in [1.82, 2.24) is 9.80 Å². The number of alkyl halides is 3. The Morgan fingerprint density at radius 2 is 1.60 bits per heavy atom. The van der Waals surface area contributed by atoms with E-state index in [1.165, 1.54) is 23.9 Å². The number of hydrogen-bond donors (Lipinski definition) is 0. The van der Waals surface area contributed by atoms with Gasteiger partial charge in [0.25, 0.3) is 5.91 Å². The van der Waals surface area contributed by atoms with Crippen LogP contribution < -0.4 is 0 Å². The van der Waals surface area contributed by atoms with Crippen molar-refractivity contribution in [2.45, 2.75) is 11.9 Å². The number of nitrogens with zero attached hydrogens (tertiary/aromatic N) is 2. The molecule has 0 saturated carbocycles. The number of rotatable bonds is 5. The Balaban J connectivity index is 1.45. The number of thioether (sulfide) groups is 1. The first kappa shape index (κ1) is 22.5. The van der Waals surface area contributed by atoms with E-state index in [-0.39, 0.29) is 17.4 Å². The fourth-order valence-electron chi connectivity index (χ4n) is 3.12. The predicted octanol–water partition coefficient (Wildman–Crippen LogP) is 4.58. The molecule has 0 N–H and O–H groups in total. The van der Waals surface area contributed by atoms with Gasteiger partial charge >= 0.3 is 6.18 Å². The summed E-state index contributed by atoms with van der Waals surface area (Å²) in [5.74, 6) is 0.688. The molecule has 1 aliphatic heterocycles. The first-order valence-electron chi connectivity index (χ1n) is 9.30. The van der Waals surface area contributed by atoms with Crippen molar-refractivity contribution >= 4 is 35.2 Å². The molecule has 1 heterocycles. The highest BCUT2D eigenvalue weighted by atomic mass is 35.5. The molecule has 0 bridgehead atoms. The Labute approximate surface area is 182 Å². The fourth-order valence-corrected chi connectivity index (χ4v) is 4.20. The van der Waals surface area contributed by atoms with Crippen LogP contribution in [0.4, 0.5) is 13.2 Å². The van der Waals surface area contributed by atoms with Crippen LogP contribution in [0.1, 0.15) is 21.5 Å². The third-order valence-corrected chi connectivity index (χ3v) is 5.99. The van der Waals surface area contributed by atoms with Crippen LogP contribution in [0.2, 0.25) is 5.02 Å². The smallest absolute Gasteiger partial charge is 0.338 e. The van der Waals surface area contributed by atoms with Gasteiger partial charge in [-0.1, -0.05) is 23.7 Å². The number of carbonyl (C=O) groups excluding carboxylic acids is 2. The minimum atomic E-state index is -4.43. The molecule has 2 amide bonds. The van der Waals surface area contributed by atoms with Gasteiger partial charge in [0.05, 0.1) is 11.3 Å². The van der Waals surface area contributed by atoms with Crippen LogP contribution >= 0.6 is 23.4 Å². The molecule has 0 atom stereocenters. The SMILES string of the molecule is O=C(CSCc1cccc(Cl)c1)N1CCN(C(=O)c2ccc(C(F)(F)F)cc2)CC1. The van der Waals surface area contributed by atoms with Gasteiger partial charge in [0.2, 0.25) is 5.91 Å². The molecule has 0 unspecified atom stereocenters. The predicted molar refractivity (Wildman–Crippen MR) is 112 cm³/mol. The van der Waals surface area contributed by atoms with Crippen molar-refractivity contribution in [3.8, 4) is 0 Å². The zero-order valence-electron chi connectivity index (χ0n) is 16.0. The average molecular weight is 457 g/mol. The molecule has 4 nitrogen and oxygen atoms in total. The quantitative estimate of drug-likeness (QED) is 0.661. The number of carbonyl (C=O) groups is 2. The molecular formula is C21H20ClF3N2O2S.